The maximum Gasteiger partial charge on any atom is 0.132 e. The molecule has 0 saturated heterocycles. The zero-order valence-electron chi connectivity index (χ0n) is 9.31. The third kappa shape index (κ3) is 2.69. The molecule has 0 N–H and O–H groups in total. The van der Waals surface area contributed by atoms with Crippen LogP contribution in [0.1, 0.15) is 36.0 Å². The highest BCUT2D eigenvalue weighted by molar-refractivity contribution is 9.10. The molecule has 3 nitrogen and oxygen atoms in total. The van der Waals surface area contributed by atoms with Gasteiger partial charge in [-0.05, 0) is 47.0 Å². The molecule has 2 aromatic heterocycles. The van der Waals surface area contributed by atoms with Crippen molar-refractivity contribution in [1.82, 2.24) is 15.0 Å². The first kappa shape index (κ1) is 10.8. The van der Waals surface area contributed by atoms with E-state index in [2.05, 4.69) is 30.9 Å². The average Bonchev–Trinajstić information content (AvgIpc) is 3.13. The van der Waals surface area contributed by atoms with Crippen molar-refractivity contribution in [3.05, 3.63) is 52.3 Å². The lowest BCUT2D eigenvalue weighted by molar-refractivity contribution is 0.869. The van der Waals surface area contributed by atoms with Crippen LogP contribution in [0.2, 0.25) is 0 Å². The maximum atomic E-state index is 4.61. The van der Waals surface area contributed by atoms with Gasteiger partial charge >= 0.3 is 0 Å². The molecule has 0 atom stereocenters. The number of hydrogen-bond donors (Lipinski definition) is 0. The lowest BCUT2D eigenvalue weighted by Gasteiger charge is -2.04. The van der Waals surface area contributed by atoms with Gasteiger partial charge in [0.1, 0.15) is 10.4 Å². The van der Waals surface area contributed by atoms with Gasteiger partial charge in [-0.1, -0.05) is 6.07 Å². The van der Waals surface area contributed by atoms with Gasteiger partial charge in [-0.15, -0.1) is 0 Å². The summed E-state index contributed by atoms with van der Waals surface area (Å²) in [6.07, 6.45) is 5.02. The second-order valence-corrected chi connectivity index (χ2v) is 5.12. The molecule has 86 valence electrons. The Bertz CT molecular complexity index is 523. The number of hydrogen-bond acceptors (Lipinski definition) is 3. The SMILES string of the molecule is Brc1cc(Cc2ccccn2)nc(C2CC2)n1. The summed E-state index contributed by atoms with van der Waals surface area (Å²) in [4.78, 5) is 13.4. The summed E-state index contributed by atoms with van der Waals surface area (Å²) in [6.45, 7) is 0. The molecule has 0 aliphatic heterocycles. The quantitative estimate of drug-likeness (QED) is 0.815. The van der Waals surface area contributed by atoms with Crippen LogP contribution in [0, 0.1) is 0 Å². The van der Waals surface area contributed by atoms with E-state index >= 15 is 0 Å². The fraction of sp³-hybridized carbons (Fsp3) is 0.308. The van der Waals surface area contributed by atoms with Crippen molar-refractivity contribution in [3.8, 4) is 0 Å². The molecule has 2 aromatic rings. The van der Waals surface area contributed by atoms with Crippen molar-refractivity contribution in [2.45, 2.75) is 25.2 Å². The van der Waals surface area contributed by atoms with E-state index in [1.165, 1.54) is 12.8 Å². The summed E-state index contributed by atoms with van der Waals surface area (Å²) in [6, 6.07) is 7.92. The van der Waals surface area contributed by atoms with Gasteiger partial charge in [0, 0.05) is 24.2 Å². The molecule has 1 aliphatic carbocycles. The van der Waals surface area contributed by atoms with Crippen LogP contribution in [0.4, 0.5) is 0 Å². The molecule has 0 aromatic carbocycles. The van der Waals surface area contributed by atoms with E-state index in [1.807, 2.05) is 30.5 Å². The van der Waals surface area contributed by atoms with E-state index < -0.39 is 0 Å². The van der Waals surface area contributed by atoms with E-state index in [0.717, 1.165) is 28.2 Å². The van der Waals surface area contributed by atoms with E-state index in [9.17, 15) is 0 Å². The van der Waals surface area contributed by atoms with Crippen LogP contribution in [0.25, 0.3) is 0 Å². The second kappa shape index (κ2) is 4.53. The zero-order chi connectivity index (χ0) is 11.7. The Kier molecular flexibility index (Phi) is 2.89. The van der Waals surface area contributed by atoms with Gasteiger partial charge < -0.3 is 0 Å². The minimum absolute atomic E-state index is 0.579. The van der Waals surface area contributed by atoms with Crippen LogP contribution in [-0.2, 0) is 6.42 Å². The smallest absolute Gasteiger partial charge is 0.132 e. The Balaban J connectivity index is 1.87. The third-order valence-electron chi connectivity index (χ3n) is 2.80. The molecule has 17 heavy (non-hydrogen) atoms. The monoisotopic (exact) mass is 289 g/mol. The van der Waals surface area contributed by atoms with Crippen molar-refractivity contribution in [1.29, 1.82) is 0 Å². The predicted molar refractivity (Wildman–Crippen MR) is 68.8 cm³/mol. The lowest BCUT2D eigenvalue weighted by Crippen LogP contribution is -2.00. The van der Waals surface area contributed by atoms with Crippen LogP contribution < -0.4 is 0 Å². The summed E-state index contributed by atoms with van der Waals surface area (Å²) in [7, 11) is 0. The number of pyridine rings is 1. The fourth-order valence-electron chi connectivity index (χ4n) is 1.79. The first-order chi connectivity index (χ1) is 8.31. The molecule has 1 saturated carbocycles. The van der Waals surface area contributed by atoms with Gasteiger partial charge in [0.25, 0.3) is 0 Å². The Hall–Kier alpha value is -1.29. The van der Waals surface area contributed by atoms with Crippen molar-refractivity contribution in [2.24, 2.45) is 0 Å². The van der Waals surface area contributed by atoms with Crippen molar-refractivity contribution in [3.63, 3.8) is 0 Å². The molecule has 4 heteroatoms. The Morgan fingerprint density at radius 2 is 2.06 bits per heavy atom. The summed E-state index contributed by atoms with van der Waals surface area (Å²) in [5.41, 5.74) is 2.08. The molecule has 0 radical (unpaired) electrons. The number of halogens is 1. The largest absolute Gasteiger partial charge is 0.261 e. The van der Waals surface area contributed by atoms with Gasteiger partial charge in [-0.3, -0.25) is 4.98 Å². The lowest BCUT2D eigenvalue weighted by atomic mass is 10.2. The highest BCUT2D eigenvalue weighted by Crippen LogP contribution is 2.38. The van der Waals surface area contributed by atoms with Crippen LogP contribution in [0.5, 0.6) is 0 Å². The topological polar surface area (TPSA) is 38.7 Å². The molecule has 3 rings (SSSR count). The van der Waals surface area contributed by atoms with Crippen molar-refractivity contribution in [2.75, 3.05) is 0 Å². The van der Waals surface area contributed by atoms with E-state index in [0.29, 0.717) is 5.92 Å². The second-order valence-electron chi connectivity index (χ2n) is 4.31. The Morgan fingerprint density at radius 1 is 1.18 bits per heavy atom. The van der Waals surface area contributed by atoms with Crippen LogP contribution >= 0.6 is 15.9 Å². The van der Waals surface area contributed by atoms with Crippen molar-refractivity contribution >= 4 is 15.9 Å². The van der Waals surface area contributed by atoms with Gasteiger partial charge in [-0.2, -0.15) is 0 Å². The van der Waals surface area contributed by atoms with Crippen LogP contribution in [0.3, 0.4) is 0 Å². The molecular formula is C13H12BrN3. The first-order valence-corrected chi connectivity index (χ1v) is 6.54. The van der Waals surface area contributed by atoms with Gasteiger partial charge in [-0.25, -0.2) is 9.97 Å². The summed E-state index contributed by atoms with van der Waals surface area (Å²) >= 11 is 3.45. The molecule has 2 heterocycles. The number of nitrogens with zero attached hydrogens (tertiary/aromatic N) is 3. The average molecular weight is 290 g/mol. The van der Waals surface area contributed by atoms with E-state index in [4.69, 9.17) is 0 Å². The molecule has 1 aliphatic rings. The molecule has 0 unspecified atom stereocenters. The third-order valence-corrected chi connectivity index (χ3v) is 3.20. The minimum atomic E-state index is 0.579. The Morgan fingerprint density at radius 3 is 2.76 bits per heavy atom. The minimum Gasteiger partial charge on any atom is -0.261 e. The number of aromatic nitrogens is 3. The summed E-state index contributed by atoms with van der Waals surface area (Å²) < 4.78 is 0.875. The predicted octanol–water partition coefficient (Wildman–Crippen LogP) is 3.10. The van der Waals surface area contributed by atoms with E-state index in [-0.39, 0.29) is 0 Å². The highest BCUT2D eigenvalue weighted by atomic mass is 79.9. The van der Waals surface area contributed by atoms with E-state index in [1.54, 1.807) is 0 Å². The Labute approximate surface area is 108 Å². The normalized spacial score (nSPS) is 14.9. The summed E-state index contributed by atoms with van der Waals surface area (Å²) in [5, 5.41) is 0. The fourth-order valence-corrected chi connectivity index (χ4v) is 2.23. The number of rotatable bonds is 3. The molecule has 0 bridgehead atoms. The highest BCUT2D eigenvalue weighted by Gasteiger charge is 2.27. The molecule has 0 spiro atoms. The molecule has 0 amide bonds. The van der Waals surface area contributed by atoms with Gasteiger partial charge in [0.05, 0.1) is 5.69 Å². The standard InChI is InChI=1S/C13H12BrN3/c14-12-8-11(7-10-3-1-2-6-15-10)16-13(17-12)9-4-5-9/h1-3,6,8-9H,4-5,7H2. The van der Waals surface area contributed by atoms with Crippen LogP contribution in [-0.4, -0.2) is 15.0 Å². The first-order valence-electron chi connectivity index (χ1n) is 5.74. The summed E-state index contributed by atoms with van der Waals surface area (Å²) in [5.74, 6) is 1.56. The van der Waals surface area contributed by atoms with Gasteiger partial charge in [0.2, 0.25) is 0 Å². The van der Waals surface area contributed by atoms with Crippen molar-refractivity contribution < 1.29 is 0 Å². The molecular weight excluding hydrogens is 278 g/mol. The maximum absolute atomic E-state index is 4.61. The van der Waals surface area contributed by atoms with Crippen LogP contribution in [0.15, 0.2) is 35.1 Å². The zero-order valence-corrected chi connectivity index (χ0v) is 10.9. The van der Waals surface area contributed by atoms with Gasteiger partial charge in [0.15, 0.2) is 0 Å². The molecule has 1 fully saturated rings.